The molecule has 0 bridgehead atoms. The number of nitrogens with zero attached hydrogens (tertiary/aromatic N) is 2. The summed E-state index contributed by atoms with van der Waals surface area (Å²) in [6.07, 6.45) is -3.90. The van der Waals surface area contributed by atoms with Crippen LogP contribution in [0.15, 0.2) is 48.5 Å². The zero-order chi connectivity index (χ0) is 28.0. The maximum atomic E-state index is 13.5. The molecule has 0 radical (unpaired) electrons. The second-order valence-corrected chi connectivity index (χ2v) is 10.9. The zero-order valence-electron chi connectivity index (χ0n) is 21.4. The van der Waals surface area contributed by atoms with E-state index in [0.717, 1.165) is 18.4 Å². The van der Waals surface area contributed by atoms with Crippen LogP contribution in [-0.2, 0) is 32.3 Å². The van der Waals surface area contributed by atoms with Gasteiger partial charge in [-0.3, -0.25) is 13.9 Å². The quantitative estimate of drug-likeness (QED) is 0.467. The molecule has 12 heteroatoms. The minimum atomic E-state index is -4.70. The van der Waals surface area contributed by atoms with Crippen molar-refractivity contribution in [1.29, 1.82) is 0 Å². The Morgan fingerprint density at radius 3 is 2.19 bits per heavy atom. The van der Waals surface area contributed by atoms with Gasteiger partial charge < -0.3 is 15.0 Å². The minimum Gasteiger partial charge on any atom is -0.497 e. The monoisotopic (exact) mass is 543 g/mol. The van der Waals surface area contributed by atoms with Gasteiger partial charge in [0.25, 0.3) is 0 Å². The summed E-state index contributed by atoms with van der Waals surface area (Å²) in [7, 11) is -2.66. The molecule has 8 nitrogen and oxygen atoms in total. The van der Waals surface area contributed by atoms with E-state index < -0.39 is 46.2 Å². The van der Waals surface area contributed by atoms with Gasteiger partial charge in [-0.25, -0.2) is 8.42 Å². The van der Waals surface area contributed by atoms with Gasteiger partial charge in [0.1, 0.15) is 18.3 Å². The minimum absolute atomic E-state index is 0.0424. The fraction of sp³-hybridized carbons (Fsp3) is 0.440. The zero-order valence-corrected chi connectivity index (χ0v) is 22.2. The van der Waals surface area contributed by atoms with Crippen molar-refractivity contribution in [3.05, 3.63) is 59.7 Å². The number of rotatable bonds is 11. The smallest absolute Gasteiger partial charge is 0.416 e. The van der Waals surface area contributed by atoms with Gasteiger partial charge >= 0.3 is 6.18 Å². The number of anilines is 1. The third kappa shape index (κ3) is 8.66. The number of benzene rings is 2. The maximum absolute atomic E-state index is 13.5. The Balaban J connectivity index is 2.42. The second kappa shape index (κ2) is 12.3. The number of amides is 2. The lowest BCUT2D eigenvalue weighted by atomic mass is 10.1. The molecule has 37 heavy (non-hydrogen) atoms. The fourth-order valence-electron chi connectivity index (χ4n) is 3.41. The van der Waals surface area contributed by atoms with Crippen molar-refractivity contribution in [3.63, 3.8) is 0 Å². The van der Waals surface area contributed by atoms with E-state index in [0.29, 0.717) is 28.2 Å². The van der Waals surface area contributed by atoms with Crippen LogP contribution in [0, 0.1) is 5.92 Å². The number of sulfonamides is 1. The normalized spacial score (nSPS) is 12.7. The summed E-state index contributed by atoms with van der Waals surface area (Å²) in [4.78, 5) is 27.5. The highest BCUT2D eigenvalue weighted by Crippen LogP contribution is 2.32. The number of halogens is 3. The fourth-order valence-corrected chi connectivity index (χ4v) is 4.26. The van der Waals surface area contributed by atoms with Crippen LogP contribution in [-0.4, -0.2) is 57.6 Å². The van der Waals surface area contributed by atoms with Crippen LogP contribution >= 0.6 is 0 Å². The lowest BCUT2D eigenvalue weighted by Gasteiger charge is -2.31. The standard InChI is InChI=1S/C25H32F3N3O5S/c1-17(2)14-29-24(33)18(3)30(15-19-9-11-22(36-4)12-10-19)23(32)16-31(37(5,34)35)21-8-6-7-20(13-21)25(26,27)28/h6-13,17-18H,14-16H2,1-5H3,(H,29,33). The predicted molar refractivity (Wildman–Crippen MR) is 134 cm³/mol. The number of nitrogens with one attached hydrogen (secondary N) is 1. The molecule has 204 valence electrons. The summed E-state index contributed by atoms with van der Waals surface area (Å²) < 4.78 is 70.5. The first-order chi connectivity index (χ1) is 17.1. The molecule has 2 amide bonds. The summed E-state index contributed by atoms with van der Waals surface area (Å²) >= 11 is 0. The lowest BCUT2D eigenvalue weighted by Crippen LogP contribution is -2.51. The molecule has 0 heterocycles. The molecule has 2 aromatic carbocycles. The van der Waals surface area contributed by atoms with E-state index in [-0.39, 0.29) is 18.2 Å². The van der Waals surface area contributed by atoms with Gasteiger partial charge in [-0.05, 0) is 48.7 Å². The number of hydrogen-bond acceptors (Lipinski definition) is 5. The Kier molecular flexibility index (Phi) is 9.96. The number of ether oxygens (including phenoxy) is 1. The number of hydrogen-bond donors (Lipinski definition) is 1. The van der Waals surface area contributed by atoms with E-state index in [1.54, 1.807) is 24.3 Å². The highest BCUT2D eigenvalue weighted by atomic mass is 32.2. The summed E-state index contributed by atoms with van der Waals surface area (Å²) in [6.45, 7) is 4.85. The van der Waals surface area contributed by atoms with Crippen molar-refractivity contribution in [3.8, 4) is 5.75 Å². The van der Waals surface area contributed by atoms with Crippen LogP contribution in [0.5, 0.6) is 5.75 Å². The Labute approximate surface area is 215 Å². The number of carbonyl (C=O) groups excluding carboxylic acids is 2. The highest BCUT2D eigenvalue weighted by molar-refractivity contribution is 7.92. The van der Waals surface area contributed by atoms with Gasteiger partial charge in [0, 0.05) is 13.1 Å². The number of alkyl halides is 3. The molecule has 0 fully saturated rings. The van der Waals surface area contributed by atoms with Crippen LogP contribution in [0.1, 0.15) is 31.9 Å². The van der Waals surface area contributed by atoms with Gasteiger partial charge in [-0.1, -0.05) is 32.0 Å². The van der Waals surface area contributed by atoms with Crippen molar-refractivity contribution in [2.24, 2.45) is 5.92 Å². The molecule has 1 atom stereocenters. The molecule has 1 N–H and O–H groups in total. The molecule has 0 aromatic heterocycles. The molecular weight excluding hydrogens is 511 g/mol. The Morgan fingerprint density at radius 1 is 1.05 bits per heavy atom. The van der Waals surface area contributed by atoms with Crippen LogP contribution in [0.2, 0.25) is 0 Å². The average molecular weight is 544 g/mol. The molecule has 2 rings (SSSR count). The second-order valence-electron chi connectivity index (χ2n) is 9.00. The van der Waals surface area contributed by atoms with E-state index in [9.17, 15) is 31.2 Å². The van der Waals surface area contributed by atoms with E-state index in [1.807, 2.05) is 13.8 Å². The Morgan fingerprint density at radius 2 is 1.68 bits per heavy atom. The summed E-state index contributed by atoms with van der Waals surface area (Å²) in [5.41, 5.74) is -0.725. The van der Waals surface area contributed by atoms with E-state index in [4.69, 9.17) is 4.74 Å². The summed E-state index contributed by atoms with van der Waals surface area (Å²) in [5.74, 6) is -0.466. The molecule has 0 aliphatic rings. The lowest BCUT2D eigenvalue weighted by molar-refractivity contribution is -0.139. The number of methoxy groups -OCH3 is 1. The summed E-state index contributed by atoms with van der Waals surface area (Å²) in [6, 6.07) is 9.46. The largest absolute Gasteiger partial charge is 0.497 e. The average Bonchev–Trinajstić information content (AvgIpc) is 2.82. The first-order valence-electron chi connectivity index (χ1n) is 11.5. The van der Waals surface area contributed by atoms with Gasteiger partial charge in [-0.15, -0.1) is 0 Å². The molecule has 0 spiro atoms. The number of carbonyl (C=O) groups is 2. The first-order valence-corrected chi connectivity index (χ1v) is 13.3. The molecule has 0 saturated heterocycles. The van der Waals surface area contributed by atoms with E-state index in [2.05, 4.69) is 5.32 Å². The van der Waals surface area contributed by atoms with Crippen molar-refractivity contribution in [2.75, 3.05) is 30.8 Å². The van der Waals surface area contributed by atoms with Crippen LogP contribution < -0.4 is 14.4 Å². The highest BCUT2D eigenvalue weighted by Gasteiger charge is 2.33. The van der Waals surface area contributed by atoms with Crippen LogP contribution in [0.4, 0.5) is 18.9 Å². The van der Waals surface area contributed by atoms with E-state index in [1.165, 1.54) is 25.0 Å². The van der Waals surface area contributed by atoms with E-state index >= 15 is 0 Å². The Hall–Kier alpha value is -3.28. The van der Waals surface area contributed by atoms with Gasteiger partial charge in [-0.2, -0.15) is 13.2 Å². The molecule has 1 unspecified atom stereocenters. The van der Waals surface area contributed by atoms with Crippen molar-refractivity contribution in [1.82, 2.24) is 10.2 Å². The summed E-state index contributed by atoms with van der Waals surface area (Å²) in [5, 5.41) is 2.75. The third-order valence-electron chi connectivity index (χ3n) is 5.50. The molecule has 0 saturated carbocycles. The van der Waals surface area contributed by atoms with Gasteiger partial charge in [0.15, 0.2) is 0 Å². The SMILES string of the molecule is COc1ccc(CN(C(=O)CN(c2cccc(C(F)(F)F)c2)S(C)(=O)=O)C(C)C(=O)NCC(C)C)cc1. The van der Waals surface area contributed by atoms with Gasteiger partial charge in [0.05, 0.1) is 24.6 Å². The molecular formula is C25H32F3N3O5S. The van der Waals surface area contributed by atoms with Gasteiger partial charge in [0.2, 0.25) is 21.8 Å². The van der Waals surface area contributed by atoms with Crippen LogP contribution in [0.25, 0.3) is 0 Å². The first kappa shape index (κ1) is 29.9. The van der Waals surface area contributed by atoms with Crippen molar-refractivity contribution in [2.45, 2.75) is 39.5 Å². The third-order valence-corrected chi connectivity index (χ3v) is 6.65. The topological polar surface area (TPSA) is 96.0 Å². The molecule has 0 aliphatic carbocycles. The maximum Gasteiger partial charge on any atom is 0.416 e. The Bertz CT molecular complexity index is 1180. The van der Waals surface area contributed by atoms with Crippen LogP contribution in [0.3, 0.4) is 0 Å². The molecule has 0 aliphatic heterocycles. The van der Waals surface area contributed by atoms with Crippen molar-refractivity contribution < 1.29 is 35.9 Å². The van der Waals surface area contributed by atoms with Crippen molar-refractivity contribution >= 4 is 27.5 Å². The predicted octanol–water partition coefficient (Wildman–Crippen LogP) is 3.67. The molecule has 2 aromatic rings.